The van der Waals surface area contributed by atoms with Crippen LogP contribution in [-0.2, 0) is 0 Å². The van der Waals surface area contributed by atoms with E-state index in [1.807, 2.05) is 19.2 Å². The topological polar surface area (TPSA) is 45.2 Å². The van der Waals surface area contributed by atoms with E-state index < -0.39 is 0 Å². The Balaban J connectivity index is 1.66. The molecule has 2 aromatic heterocycles. The highest BCUT2D eigenvalue weighted by atomic mass is 19.1. The molecule has 27 heavy (non-hydrogen) atoms. The normalized spacial score (nSPS) is 16.0. The maximum Gasteiger partial charge on any atom is 0.225 e. The number of anilines is 1. The second-order valence-electron chi connectivity index (χ2n) is 6.89. The third kappa shape index (κ3) is 4.51. The standard InChI is InChI=1S/C21H26FN5/c1-4-6-20(18-13-19(22)15-23-14-18)26(3)16(2)17-7-11-27(12-8-17)21-24-9-5-10-25-21/h4-5,9-10,13-15,17,20H,1-2,6-8,11-12H2,3H3. The summed E-state index contributed by atoms with van der Waals surface area (Å²) < 4.78 is 13.6. The van der Waals surface area contributed by atoms with E-state index in [2.05, 4.69) is 37.9 Å². The fraction of sp³-hybridized carbons (Fsp3) is 0.381. The molecule has 5 nitrogen and oxygen atoms in total. The van der Waals surface area contributed by atoms with Crippen LogP contribution in [0.4, 0.5) is 10.3 Å². The maximum absolute atomic E-state index is 13.6. The van der Waals surface area contributed by atoms with Crippen LogP contribution >= 0.6 is 0 Å². The summed E-state index contributed by atoms with van der Waals surface area (Å²) >= 11 is 0. The van der Waals surface area contributed by atoms with Crippen LogP contribution in [0, 0.1) is 11.7 Å². The smallest absolute Gasteiger partial charge is 0.225 e. The van der Waals surface area contributed by atoms with Crippen LogP contribution in [0.3, 0.4) is 0 Å². The summed E-state index contributed by atoms with van der Waals surface area (Å²) in [6.07, 6.45) is 11.0. The fourth-order valence-electron chi connectivity index (χ4n) is 3.64. The van der Waals surface area contributed by atoms with Crippen molar-refractivity contribution in [2.75, 3.05) is 25.0 Å². The van der Waals surface area contributed by atoms with Gasteiger partial charge in [-0.05, 0) is 37.0 Å². The van der Waals surface area contributed by atoms with E-state index in [0.717, 1.165) is 43.1 Å². The Labute approximate surface area is 160 Å². The number of halogens is 1. The molecule has 0 spiro atoms. The highest BCUT2D eigenvalue weighted by Gasteiger charge is 2.27. The monoisotopic (exact) mass is 367 g/mol. The van der Waals surface area contributed by atoms with E-state index in [1.54, 1.807) is 24.7 Å². The van der Waals surface area contributed by atoms with E-state index in [1.165, 1.54) is 6.20 Å². The summed E-state index contributed by atoms with van der Waals surface area (Å²) in [6.45, 7) is 10.0. The average Bonchev–Trinajstić information content (AvgIpc) is 2.72. The molecule has 0 amide bonds. The predicted molar refractivity (Wildman–Crippen MR) is 106 cm³/mol. The first-order valence-corrected chi connectivity index (χ1v) is 9.25. The van der Waals surface area contributed by atoms with E-state index >= 15 is 0 Å². The van der Waals surface area contributed by atoms with Gasteiger partial charge in [0, 0.05) is 50.3 Å². The van der Waals surface area contributed by atoms with Crippen molar-refractivity contribution >= 4 is 5.95 Å². The molecule has 0 radical (unpaired) electrons. The van der Waals surface area contributed by atoms with Crippen molar-refractivity contribution in [2.45, 2.75) is 25.3 Å². The van der Waals surface area contributed by atoms with Crippen LogP contribution in [0.5, 0.6) is 0 Å². The van der Waals surface area contributed by atoms with Crippen molar-refractivity contribution in [3.8, 4) is 0 Å². The predicted octanol–water partition coefficient (Wildman–Crippen LogP) is 3.99. The van der Waals surface area contributed by atoms with E-state index in [9.17, 15) is 4.39 Å². The first-order chi connectivity index (χ1) is 13.1. The highest BCUT2D eigenvalue weighted by molar-refractivity contribution is 5.29. The summed E-state index contributed by atoms with van der Waals surface area (Å²) in [6, 6.07) is 3.35. The molecule has 0 bridgehead atoms. The van der Waals surface area contributed by atoms with Gasteiger partial charge in [-0.2, -0.15) is 0 Å². The van der Waals surface area contributed by atoms with Gasteiger partial charge in [-0.1, -0.05) is 12.7 Å². The number of hydrogen-bond donors (Lipinski definition) is 0. The largest absolute Gasteiger partial charge is 0.371 e. The molecule has 0 aromatic carbocycles. The van der Waals surface area contributed by atoms with Crippen molar-refractivity contribution in [3.63, 3.8) is 0 Å². The summed E-state index contributed by atoms with van der Waals surface area (Å²) in [5.74, 6) is 0.839. The Bertz CT molecular complexity index is 771. The Morgan fingerprint density at radius 2 is 2.04 bits per heavy atom. The van der Waals surface area contributed by atoms with Crippen molar-refractivity contribution in [3.05, 3.63) is 73.2 Å². The number of rotatable bonds is 7. The molecule has 0 N–H and O–H groups in total. The molecule has 3 rings (SSSR count). The van der Waals surface area contributed by atoms with Gasteiger partial charge in [-0.25, -0.2) is 14.4 Å². The first-order valence-electron chi connectivity index (χ1n) is 9.25. The van der Waals surface area contributed by atoms with Gasteiger partial charge in [-0.15, -0.1) is 6.58 Å². The number of pyridine rings is 1. The summed E-state index contributed by atoms with van der Waals surface area (Å²) in [4.78, 5) is 17.0. The van der Waals surface area contributed by atoms with Gasteiger partial charge >= 0.3 is 0 Å². The lowest BCUT2D eigenvalue weighted by molar-refractivity contribution is 0.257. The number of hydrogen-bond acceptors (Lipinski definition) is 5. The van der Waals surface area contributed by atoms with Gasteiger partial charge in [0.25, 0.3) is 0 Å². The Hall–Kier alpha value is -2.76. The molecule has 1 fully saturated rings. The number of allylic oxidation sites excluding steroid dienone is 1. The zero-order valence-corrected chi connectivity index (χ0v) is 15.8. The molecule has 142 valence electrons. The van der Waals surface area contributed by atoms with Crippen LogP contribution in [-0.4, -0.2) is 40.0 Å². The van der Waals surface area contributed by atoms with E-state index in [4.69, 9.17) is 0 Å². The van der Waals surface area contributed by atoms with Crippen molar-refractivity contribution in [1.82, 2.24) is 19.9 Å². The third-order valence-corrected chi connectivity index (χ3v) is 5.22. The molecule has 1 unspecified atom stereocenters. The lowest BCUT2D eigenvalue weighted by Gasteiger charge is -2.39. The Kier molecular flexibility index (Phi) is 6.16. The van der Waals surface area contributed by atoms with Gasteiger partial charge in [0.15, 0.2) is 0 Å². The van der Waals surface area contributed by atoms with Crippen molar-refractivity contribution in [2.24, 2.45) is 5.92 Å². The molecule has 3 heterocycles. The van der Waals surface area contributed by atoms with Gasteiger partial charge in [0.05, 0.1) is 12.2 Å². The Morgan fingerprint density at radius 3 is 2.67 bits per heavy atom. The molecule has 1 aliphatic heterocycles. The van der Waals surface area contributed by atoms with Gasteiger partial charge < -0.3 is 9.80 Å². The number of aromatic nitrogens is 3. The van der Waals surface area contributed by atoms with E-state index in [0.29, 0.717) is 12.3 Å². The number of piperidine rings is 1. The lowest BCUT2D eigenvalue weighted by Crippen LogP contribution is -2.38. The highest BCUT2D eigenvalue weighted by Crippen LogP contribution is 2.33. The second-order valence-corrected chi connectivity index (χ2v) is 6.89. The van der Waals surface area contributed by atoms with Crippen LogP contribution in [0.2, 0.25) is 0 Å². The minimum Gasteiger partial charge on any atom is -0.371 e. The zero-order chi connectivity index (χ0) is 19.2. The van der Waals surface area contributed by atoms with Crippen LogP contribution < -0.4 is 4.90 Å². The third-order valence-electron chi connectivity index (χ3n) is 5.22. The van der Waals surface area contributed by atoms with Crippen molar-refractivity contribution < 1.29 is 4.39 Å². The van der Waals surface area contributed by atoms with Gasteiger partial charge in [0.2, 0.25) is 5.95 Å². The van der Waals surface area contributed by atoms with Crippen LogP contribution in [0.1, 0.15) is 30.9 Å². The fourth-order valence-corrected chi connectivity index (χ4v) is 3.64. The maximum atomic E-state index is 13.6. The van der Waals surface area contributed by atoms with Crippen LogP contribution in [0.25, 0.3) is 0 Å². The average molecular weight is 367 g/mol. The SMILES string of the molecule is C=CCC(c1cncc(F)c1)N(C)C(=C)C1CCN(c2ncccn2)CC1. The summed E-state index contributed by atoms with van der Waals surface area (Å²) in [5, 5.41) is 0. The molecule has 1 atom stereocenters. The zero-order valence-electron chi connectivity index (χ0n) is 15.8. The molecular weight excluding hydrogens is 341 g/mol. The molecular formula is C21H26FN5. The molecule has 0 aliphatic carbocycles. The van der Waals surface area contributed by atoms with Gasteiger partial charge in [0.1, 0.15) is 5.82 Å². The molecule has 0 saturated carbocycles. The molecule has 6 heteroatoms. The second kappa shape index (κ2) is 8.75. The first kappa shape index (κ1) is 19.0. The minimum absolute atomic E-state index is 0.0197. The molecule has 2 aromatic rings. The van der Waals surface area contributed by atoms with Crippen LogP contribution in [0.15, 0.2) is 61.9 Å². The minimum atomic E-state index is -0.322. The van der Waals surface area contributed by atoms with Gasteiger partial charge in [-0.3, -0.25) is 4.98 Å². The van der Waals surface area contributed by atoms with E-state index in [-0.39, 0.29) is 11.9 Å². The lowest BCUT2D eigenvalue weighted by atomic mass is 9.91. The quantitative estimate of drug-likeness (QED) is 0.693. The summed E-state index contributed by atoms with van der Waals surface area (Å²) in [7, 11) is 2.02. The molecule has 1 aliphatic rings. The summed E-state index contributed by atoms with van der Waals surface area (Å²) in [5.41, 5.74) is 1.91. The Morgan fingerprint density at radius 1 is 1.33 bits per heavy atom. The number of nitrogens with zero attached hydrogens (tertiary/aromatic N) is 5. The van der Waals surface area contributed by atoms with Crippen molar-refractivity contribution in [1.29, 1.82) is 0 Å². The molecule has 1 saturated heterocycles.